The number of aliphatic hydroxyl groups is 3. The molecular weight excluding hydrogens is 510 g/mol. The molecule has 1 saturated carbocycles. The fourth-order valence-electron chi connectivity index (χ4n) is 7.00. The molecule has 40 heavy (non-hydrogen) atoms. The Morgan fingerprint density at radius 1 is 1.15 bits per heavy atom. The second kappa shape index (κ2) is 10.1. The zero-order valence-electron chi connectivity index (χ0n) is 23.3. The molecule has 1 aromatic carbocycles. The van der Waals surface area contributed by atoms with Gasteiger partial charge in [0.1, 0.15) is 22.8 Å². The van der Waals surface area contributed by atoms with Crippen LogP contribution >= 0.6 is 0 Å². The summed E-state index contributed by atoms with van der Waals surface area (Å²) in [6, 6.07) is 0.796. The number of hydrogen-bond donors (Lipinski definition) is 4. The van der Waals surface area contributed by atoms with Gasteiger partial charge in [-0.3, -0.25) is 19.3 Å². The first-order chi connectivity index (χ1) is 18.9. The third kappa shape index (κ3) is 4.03. The largest absolute Gasteiger partial charge is 0.508 e. The fraction of sp³-hybridized carbons (Fsp3) is 0.469. The van der Waals surface area contributed by atoms with Gasteiger partial charge < -0.3 is 20.4 Å². The number of likely N-dealkylation sites (N-methyl/N-ethyl adjacent to an activating group) is 1. The molecule has 5 rings (SSSR count). The molecule has 0 aliphatic heterocycles. The first kappa shape index (κ1) is 27.9. The van der Waals surface area contributed by atoms with E-state index in [1.54, 1.807) is 19.0 Å². The van der Waals surface area contributed by atoms with Gasteiger partial charge in [-0.1, -0.05) is 24.8 Å². The van der Waals surface area contributed by atoms with E-state index in [0.717, 1.165) is 43.7 Å². The van der Waals surface area contributed by atoms with Crippen LogP contribution in [-0.4, -0.2) is 68.4 Å². The Balaban J connectivity index is 1.69. The van der Waals surface area contributed by atoms with Crippen molar-refractivity contribution in [3.63, 3.8) is 0 Å². The van der Waals surface area contributed by atoms with Gasteiger partial charge in [-0.05, 0) is 94.6 Å². The maximum Gasteiger partial charge on any atom is 0.202 e. The fourth-order valence-corrected chi connectivity index (χ4v) is 7.00. The van der Waals surface area contributed by atoms with Gasteiger partial charge >= 0.3 is 0 Å². The van der Waals surface area contributed by atoms with Crippen LogP contribution in [0.3, 0.4) is 0 Å². The number of ketones is 3. The summed E-state index contributed by atoms with van der Waals surface area (Å²) in [6.45, 7) is 3.06. The van der Waals surface area contributed by atoms with E-state index in [-0.39, 0.29) is 23.3 Å². The number of Topliss-reactive ketones (excluding diaryl/α,β-unsaturated/α-hetero) is 3. The first-order valence-corrected chi connectivity index (χ1v) is 13.9. The van der Waals surface area contributed by atoms with Crippen molar-refractivity contribution in [1.82, 2.24) is 4.90 Å². The normalized spacial score (nSPS) is 27.9. The van der Waals surface area contributed by atoms with Crippen molar-refractivity contribution >= 4 is 23.1 Å². The molecule has 8 nitrogen and oxygen atoms in total. The summed E-state index contributed by atoms with van der Waals surface area (Å²) in [5, 5.41) is 45.7. The number of aryl methyl sites for hydroxylation is 1. The Morgan fingerprint density at radius 2 is 1.88 bits per heavy atom. The highest BCUT2D eigenvalue weighted by molar-refractivity contribution is 6.25. The Kier molecular flexibility index (Phi) is 7.01. The van der Waals surface area contributed by atoms with E-state index in [2.05, 4.69) is 17.9 Å². The summed E-state index contributed by atoms with van der Waals surface area (Å²) in [4.78, 5) is 41.2. The molecule has 0 heterocycles. The molecule has 0 bridgehead atoms. The van der Waals surface area contributed by atoms with Crippen molar-refractivity contribution in [2.24, 2.45) is 11.8 Å². The third-order valence-electron chi connectivity index (χ3n) is 8.95. The van der Waals surface area contributed by atoms with Gasteiger partial charge in [-0.15, -0.1) is 0 Å². The smallest absolute Gasteiger partial charge is 0.202 e. The monoisotopic (exact) mass is 545 g/mol. The van der Waals surface area contributed by atoms with Crippen LogP contribution in [0.1, 0.15) is 68.2 Å². The van der Waals surface area contributed by atoms with E-state index < -0.39 is 57.9 Å². The van der Waals surface area contributed by atoms with Crippen LogP contribution in [0.4, 0.5) is 0 Å². The van der Waals surface area contributed by atoms with Crippen LogP contribution in [0, 0.1) is 23.7 Å². The van der Waals surface area contributed by atoms with Gasteiger partial charge in [0.15, 0.2) is 17.2 Å². The molecule has 0 radical (unpaired) electrons. The molecule has 0 amide bonds. The predicted octanol–water partition coefficient (Wildman–Crippen LogP) is 3.48. The molecule has 0 unspecified atom stereocenters. The molecule has 1 aromatic rings. The van der Waals surface area contributed by atoms with Gasteiger partial charge in [0, 0.05) is 11.5 Å². The van der Waals surface area contributed by atoms with Crippen molar-refractivity contribution in [3.8, 4) is 17.6 Å². The number of benzene rings is 1. The average molecular weight is 546 g/mol. The zero-order chi connectivity index (χ0) is 29.1. The summed E-state index contributed by atoms with van der Waals surface area (Å²) in [7, 11) is 3.23. The van der Waals surface area contributed by atoms with Crippen LogP contribution < -0.4 is 0 Å². The lowest BCUT2D eigenvalue weighted by Crippen LogP contribution is -2.65. The Labute approximate surface area is 233 Å². The van der Waals surface area contributed by atoms with Gasteiger partial charge in [0.05, 0.1) is 17.2 Å². The van der Waals surface area contributed by atoms with Crippen LogP contribution in [0.2, 0.25) is 0 Å². The number of allylic oxidation sites excluding steroid dienone is 2. The first-order valence-electron chi connectivity index (χ1n) is 13.9. The van der Waals surface area contributed by atoms with E-state index in [1.165, 1.54) is 0 Å². The van der Waals surface area contributed by atoms with Gasteiger partial charge in [0.2, 0.25) is 5.78 Å². The predicted molar refractivity (Wildman–Crippen MR) is 149 cm³/mol. The van der Waals surface area contributed by atoms with Crippen molar-refractivity contribution < 1.29 is 34.8 Å². The number of rotatable bonds is 3. The molecule has 0 saturated heterocycles. The quantitative estimate of drug-likeness (QED) is 0.335. The van der Waals surface area contributed by atoms with Crippen LogP contribution in [0.5, 0.6) is 5.75 Å². The molecule has 4 atom stereocenters. The minimum atomic E-state index is -2.57. The number of phenolic OH excluding ortho intramolecular Hbond substituents is 1. The number of aromatic hydroxyl groups is 1. The standard InChI is InChI=1S/C32H35NO7/c1-5-18-13-19(12-11-17-9-7-6-8-10-17)27(35)25-21(18)14-20-15-22-26(33(3)4)29(37)23(16(2)34)30(38)32(22,40)31(39)24(20)28(25)36/h9,13,20,22,26,35-36,38,40H,5-8,10,14-15H2,1-4H3/t20-,22-,26-,32+/m0/s1. The highest BCUT2D eigenvalue weighted by atomic mass is 16.3. The summed E-state index contributed by atoms with van der Waals surface area (Å²) >= 11 is 0. The lowest BCUT2D eigenvalue weighted by atomic mass is 9.57. The summed E-state index contributed by atoms with van der Waals surface area (Å²) in [6.07, 6.45) is 7.12. The Bertz CT molecular complexity index is 1500. The molecule has 0 aromatic heterocycles. The van der Waals surface area contributed by atoms with E-state index in [4.69, 9.17) is 0 Å². The maximum atomic E-state index is 14.1. The topological polar surface area (TPSA) is 135 Å². The molecule has 1 fully saturated rings. The summed E-state index contributed by atoms with van der Waals surface area (Å²) in [5.41, 5.74) is -0.283. The number of fused-ring (bicyclic) bond motifs is 3. The van der Waals surface area contributed by atoms with Gasteiger partial charge in [-0.25, -0.2) is 0 Å². The van der Waals surface area contributed by atoms with Crippen LogP contribution in [0.15, 0.2) is 34.6 Å². The minimum absolute atomic E-state index is 0.102. The molecular formula is C32H35NO7. The molecule has 4 aliphatic rings. The van der Waals surface area contributed by atoms with E-state index in [9.17, 15) is 34.8 Å². The second-order valence-corrected chi connectivity index (χ2v) is 11.5. The van der Waals surface area contributed by atoms with Gasteiger partial charge in [0.25, 0.3) is 0 Å². The van der Waals surface area contributed by atoms with E-state index >= 15 is 0 Å². The number of nitrogens with zero attached hydrogens (tertiary/aromatic N) is 1. The molecule has 8 heteroatoms. The van der Waals surface area contributed by atoms with Crippen molar-refractivity contribution in [2.45, 2.75) is 70.4 Å². The molecule has 0 spiro atoms. The zero-order valence-corrected chi connectivity index (χ0v) is 23.3. The maximum absolute atomic E-state index is 14.1. The van der Waals surface area contributed by atoms with Crippen molar-refractivity contribution in [2.75, 3.05) is 14.1 Å². The third-order valence-corrected chi connectivity index (χ3v) is 8.95. The second-order valence-electron chi connectivity index (χ2n) is 11.5. The van der Waals surface area contributed by atoms with E-state index in [1.807, 2.05) is 13.0 Å². The van der Waals surface area contributed by atoms with Crippen molar-refractivity contribution in [1.29, 1.82) is 0 Å². The number of carbonyl (C=O) groups is 3. The molecule has 4 aliphatic carbocycles. The van der Waals surface area contributed by atoms with E-state index in [0.29, 0.717) is 24.0 Å². The van der Waals surface area contributed by atoms with Gasteiger partial charge in [-0.2, -0.15) is 0 Å². The summed E-state index contributed by atoms with van der Waals surface area (Å²) in [5.74, 6) is 0.533. The lowest BCUT2D eigenvalue weighted by Gasteiger charge is -2.50. The molecule has 4 N–H and O–H groups in total. The minimum Gasteiger partial charge on any atom is -0.508 e. The highest BCUT2D eigenvalue weighted by Gasteiger charge is 2.64. The van der Waals surface area contributed by atoms with Crippen LogP contribution in [0.25, 0.3) is 5.76 Å². The Hall–Kier alpha value is -3.67. The number of hydrogen-bond acceptors (Lipinski definition) is 8. The SMILES string of the molecule is CCc1cc(C#CC2=CCCCC2)c(O)c2c1C[C@H]1C[C@H]3[C@H](N(C)C)C(=O)C(C(C)=O)=C(O)[C@@]3(O)C(=O)C1=C2O. The highest BCUT2D eigenvalue weighted by Crippen LogP contribution is 2.53. The average Bonchev–Trinajstić information content (AvgIpc) is 2.90. The number of carbonyl (C=O) groups excluding carboxylic acids is 3. The molecule has 210 valence electrons. The Morgan fingerprint density at radius 3 is 2.48 bits per heavy atom. The number of phenols is 1. The summed E-state index contributed by atoms with van der Waals surface area (Å²) < 4.78 is 0. The van der Waals surface area contributed by atoms with Crippen molar-refractivity contribution in [3.05, 3.63) is 56.9 Å². The lowest BCUT2D eigenvalue weighted by molar-refractivity contribution is -0.153. The van der Waals surface area contributed by atoms with Crippen LogP contribution in [-0.2, 0) is 27.2 Å². The number of aliphatic hydroxyl groups excluding tert-OH is 2.